The summed E-state index contributed by atoms with van der Waals surface area (Å²) < 4.78 is 21.8. The van der Waals surface area contributed by atoms with Crippen molar-refractivity contribution < 1.29 is 33.6 Å². The molecule has 2 heterocycles. The van der Waals surface area contributed by atoms with Crippen molar-refractivity contribution in [2.75, 3.05) is 18.8 Å². The topological polar surface area (TPSA) is 94.5 Å². The lowest BCUT2D eigenvalue weighted by molar-refractivity contribution is -0.144. The molecule has 1 saturated heterocycles. The highest BCUT2D eigenvalue weighted by Crippen LogP contribution is 2.41. The zero-order chi connectivity index (χ0) is 22.1. The van der Waals surface area contributed by atoms with Crippen molar-refractivity contribution in [2.45, 2.75) is 13.0 Å². The minimum Gasteiger partial charge on any atom is -0.493 e. The Balaban J connectivity index is 1.58. The number of methoxy groups -OCH3 is 1. The molecule has 31 heavy (non-hydrogen) atoms. The molecule has 1 fully saturated rings. The number of fused-ring (bicyclic) bond motifs is 1. The van der Waals surface area contributed by atoms with Crippen molar-refractivity contribution in [3.8, 4) is 23.0 Å². The van der Waals surface area contributed by atoms with Gasteiger partial charge in [0, 0.05) is 6.07 Å². The molecule has 0 spiro atoms. The number of benzene rings is 2. The molecule has 0 radical (unpaired) electrons. The van der Waals surface area contributed by atoms with Crippen LogP contribution in [0.5, 0.6) is 23.0 Å². The molecular weight excluding hydrogens is 442 g/mol. The monoisotopic (exact) mass is 459 g/mol. The van der Waals surface area contributed by atoms with E-state index >= 15 is 0 Å². The number of ether oxygens (including phenoxy) is 4. The molecule has 1 amide bonds. The minimum absolute atomic E-state index is 0.143. The SMILES string of the molecule is COc1cc(/C=C2/SC(=S)N(c3ccc4c(c3)OCO4)C2=O)ccc1OC(C)C(=O)O. The minimum atomic E-state index is -1.08. The number of carbonyl (C=O) groups excluding carboxylic acids is 1. The van der Waals surface area contributed by atoms with Crippen LogP contribution in [0.3, 0.4) is 0 Å². The highest BCUT2D eigenvalue weighted by molar-refractivity contribution is 8.27. The number of carboxylic acids is 1. The molecule has 2 aromatic rings. The number of amides is 1. The van der Waals surface area contributed by atoms with Crippen LogP contribution in [0.15, 0.2) is 41.3 Å². The lowest BCUT2D eigenvalue weighted by atomic mass is 10.1. The predicted octanol–water partition coefficient (Wildman–Crippen LogP) is 3.68. The van der Waals surface area contributed by atoms with Gasteiger partial charge in [-0.3, -0.25) is 9.69 Å². The van der Waals surface area contributed by atoms with E-state index in [4.69, 9.17) is 36.3 Å². The van der Waals surface area contributed by atoms with Crippen molar-refractivity contribution in [3.05, 3.63) is 46.9 Å². The third-order valence-corrected chi connectivity index (χ3v) is 5.85. The number of nitrogens with zero attached hydrogens (tertiary/aromatic N) is 1. The molecule has 2 aromatic carbocycles. The summed E-state index contributed by atoms with van der Waals surface area (Å²) in [6.45, 7) is 1.57. The summed E-state index contributed by atoms with van der Waals surface area (Å²) >= 11 is 6.60. The van der Waals surface area contributed by atoms with Crippen molar-refractivity contribution >= 4 is 51.9 Å². The standard InChI is InChI=1S/C21H17NO7S2/c1-11(20(24)25)29-15-5-3-12(7-16(15)26-2)8-18-19(23)22(21(30)31-18)13-4-6-14-17(9-13)28-10-27-14/h3-9,11H,10H2,1-2H3,(H,24,25)/b18-8+. The quantitative estimate of drug-likeness (QED) is 0.513. The van der Waals surface area contributed by atoms with E-state index < -0.39 is 12.1 Å². The normalized spacial score (nSPS) is 17.2. The number of rotatable bonds is 6. The third-order valence-electron chi connectivity index (χ3n) is 4.55. The zero-order valence-electron chi connectivity index (χ0n) is 16.5. The molecule has 0 aromatic heterocycles. The summed E-state index contributed by atoms with van der Waals surface area (Å²) in [6.07, 6.45) is 0.664. The van der Waals surface area contributed by atoms with E-state index in [1.807, 2.05) is 0 Å². The largest absolute Gasteiger partial charge is 0.493 e. The van der Waals surface area contributed by atoms with Gasteiger partial charge in [0.2, 0.25) is 6.79 Å². The molecule has 1 N–H and O–H groups in total. The molecule has 0 bridgehead atoms. The van der Waals surface area contributed by atoms with E-state index in [1.165, 1.54) is 30.7 Å². The number of carboxylic acid groups (broad SMARTS) is 1. The first kappa shape index (κ1) is 21.0. The Morgan fingerprint density at radius 3 is 2.74 bits per heavy atom. The molecule has 160 valence electrons. The van der Waals surface area contributed by atoms with Crippen molar-refractivity contribution in [3.63, 3.8) is 0 Å². The Labute approximate surface area is 187 Å². The van der Waals surface area contributed by atoms with Crippen LogP contribution in [0.1, 0.15) is 12.5 Å². The summed E-state index contributed by atoms with van der Waals surface area (Å²) in [5, 5.41) is 9.03. The lowest BCUT2D eigenvalue weighted by Gasteiger charge is -2.15. The van der Waals surface area contributed by atoms with Crippen LogP contribution in [0.2, 0.25) is 0 Å². The number of aliphatic carboxylic acids is 1. The van der Waals surface area contributed by atoms with Crippen LogP contribution in [0, 0.1) is 0 Å². The molecule has 0 aliphatic carbocycles. The van der Waals surface area contributed by atoms with Gasteiger partial charge in [0.1, 0.15) is 0 Å². The Morgan fingerprint density at radius 2 is 2.00 bits per heavy atom. The fourth-order valence-electron chi connectivity index (χ4n) is 2.98. The van der Waals surface area contributed by atoms with Crippen molar-refractivity contribution in [1.29, 1.82) is 0 Å². The molecule has 10 heteroatoms. The summed E-state index contributed by atoms with van der Waals surface area (Å²) in [5.74, 6) is 0.490. The zero-order valence-corrected chi connectivity index (χ0v) is 18.1. The molecular formula is C21H17NO7S2. The summed E-state index contributed by atoms with van der Waals surface area (Å²) in [6, 6.07) is 10.2. The highest BCUT2D eigenvalue weighted by Gasteiger charge is 2.34. The van der Waals surface area contributed by atoms with Gasteiger partial charge in [-0.25, -0.2) is 4.79 Å². The van der Waals surface area contributed by atoms with Gasteiger partial charge in [0.15, 0.2) is 33.4 Å². The number of carbonyl (C=O) groups is 2. The van der Waals surface area contributed by atoms with Crippen LogP contribution < -0.4 is 23.8 Å². The van der Waals surface area contributed by atoms with Gasteiger partial charge in [-0.1, -0.05) is 30.0 Å². The second-order valence-corrected chi connectivity index (χ2v) is 8.24. The second kappa shape index (κ2) is 8.48. The van der Waals surface area contributed by atoms with Crippen LogP contribution in [0.25, 0.3) is 6.08 Å². The van der Waals surface area contributed by atoms with Crippen LogP contribution >= 0.6 is 24.0 Å². The van der Waals surface area contributed by atoms with E-state index in [2.05, 4.69) is 0 Å². The second-order valence-electron chi connectivity index (χ2n) is 6.56. The molecule has 8 nitrogen and oxygen atoms in total. The lowest BCUT2D eigenvalue weighted by Crippen LogP contribution is -2.27. The first-order valence-electron chi connectivity index (χ1n) is 9.12. The van der Waals surface area contributed by atoms with Crippen LogP contribution in [0.4, 0.5) is 5.69 Å². The van der Waals surface area contributed by atoms with E-state index in [0.717, 1.165) is 0 Å². The van der Waals surface area contributed by atoms with Gasteiger partial charge in [-0.2, -0.15) is 0 Å². The van der Waals surface area contributed by atoms with Gasteiger partial charge >= 0.3 is 5.97 Å². The number of hydrogen-bond donors (Lipinski definition) is 1. The fourth-order valence-corrected chi connectivity index (χ4v) is 4.28. The first-order valence-corrected chi connectivity index (χ1v) is 10.3. The number of thiocarbonyl (C=S) groups is 1. The molecule has 4 rings (SSSR count). The van der Waals surface area contributed by atoms with E-state index in [-0.39, 0.29) is 12.7 Å². The molecule has 2 aliphatic rings. The fraction of sp³-hybridized carbons (Fsp3) is 0.190. The maximum absolute atomic E-state index is 13.0. The maximum atomic E-state index is 13.0. The average Bonchev–Trinajstić information content (AvgIpc) is 3.32. The predicted molar refractivity (Wildman–Crippen MR) is 119 cm³/mol. The maximum Gasteiger partial charge on any atom is 0.344 e. The smallest absolute Gasteiger partial charge is 0.344 e. The average molecular weight is 460 g/mol. The van der Waals surface area contributed by atoms with Crippen molar-refractivity contribution in [1.82, 2.24) is 0 Å². The number of anilines is 1. The first-order chi connectivity index (χ1) is 14.9. The summed E-state index contributed by atoms with van der Waals surface area (Å²) in [5.41, 5.74) is 1.28. The van der Waals surface area contributed by atoms with Gasteiger partial charge < -0.3 is 24.1 Å². The number of thioether (sulfide) groups is 1. The molecule has 2 aliphatic heterocycles. The van der Waals surface area contributed by atoms with Crippen LogP contribution in [-0.2, 0) is 9.59 Å². The van der Waals surface area contributed by atoms with Crippen LogP contribution in [-0.4, -0.2) is 41.3 Å². The summed E-state index contributed by atoms with van der Waals surface area (Å²) in [4.78, 5) is 25.9. The molecule has 0 saturated carbocycles. The Morgan fingerprint density at radius 1 is 1.23 bits per heavy atom. The van der Waals surface area contributed by atoms with E-state index in [9.17, 15) is 9.59 Å². The van der Waals surface area contributed by atoms with Gasteiger partial charge in [-0.05, 0) is 42.8 Å². The number of hydrogen-bond acceptors (Lipinski definition) is 8. The third kappa shape index (κ3) is 4.17. The van der Waals surface area contributed by atoms with Crippen molar-refractivity contribution in [2.24, 2.45) is 0 Å². The Bertz CT molecular complexity index is 1110. The van der Waals surface area contributed by atoms with Gasteiger partial charge in [0.25, 0.3) is 5.91 Å². The van der Waals surface area contributed by atoms with Gasteiger partial charge in [0.05, 0.1) is 17.7 Å². The molecule has 1 atom stereocenters. The Kier molecular flexibility index (Phi) is 5.75. The molecule has 1 unspecified atom stereocenters. The summed E-state index contributed by atoms with van der Waals surface area (Å²) in [7, 11) is 1.45. The van der Waals surface area contributed by atoms with E-state index in [1.54, 1.807) is 42.5 Å². The van der Waals surface area contributed by atoms with Gasteiger partial charge in [-0.15, -0.1) is 0 Å². The highest BCUT2D eigenvalue weighted by atomic mass is 32.2. The Hall–Kier alpha value is -3.24. The van der Waals surface area contributed by atoms with E-state index in [0.29, 0.717) is 43.5 Å².